The first kappa shape index (κ1) is 7.93. The average molecular weight is 176 g/mol. The van der Waals surface area contributed by atoms with Crippen LogP contribution in [0.1, 0.15) is 0 Å². The smallest absolute Gasteiger partial charge is 0.338 e. The quantitative estimate of drug-likeness (QED) is 0.349. The lowest BCUT2D eigenvalue weighted by Crippen LogP contribution is -2.32. The molecule has 0 spiro atoms. The van der Waals surface area contributed by atoms with E-state index in [1.807, 2.05) is 0 Å². The summed E-state index contributed by atoms with van der Waals surface area (Å²) in [6.45, 7) is 0. The summed E-state index contributed by atoms with van der Waals surface area (Å²) in [5.74, 6) is -0.823. The van der Waals surface area contributed by atoms with Gasteiger partial charge in [0.05, 0.1) is 0 Å². The van der Waals surface area contributed by atoms with Gasteiger partial charge in [0.1, 0.15) is 12.2 Å². The molecule has 0 aliphatic carbocycles. The minimum Gasteiger partial charge on any atom is -0.454 e. The lowest BCUT2D eigenvalue weighted by Gasteiger charge is -2.10. The number of esters is 1. The molecule has 0 radical (unpaired) electrons. The van der Waals surface area contributed by atoms with Crippen molar-refractivity contribution in [3.63, 3.8) is 0 Å². The van der Waals surface area contributed by atoms with E-state index < -0.39 is 36.7 Å². The molecule has 2 aliphatic heterocycles. The third-order valence-electron chi connectivity index (χ3n) is 2.05. The molecule has 0 aromatic rings. The molecule has 0 saturated carbocycles. The molecule has 0 amide bonds. The van der Waals surface area contributed by atoms with Crippen LogP contribution in [0.5, 0.6) is 0 Å². The first-order chi connectivity index (χ1) is 5.61. The highest BCUT2D eigenvalue weighted by molar-refractivity contribution is 5.78. The number of ether oxygens (including phenoxy) is 2. The van der Waals surface area contributed by atoms with Crippen molar-refractivity contribution in [2.75, 3.05) is 0 Å². The first-order valence-electron chi connectivity index (χ1n) is 3.51. The number of carbonyl (C=O) groups excluding carboxylic acids is 1. The number of aliphatic hydroxyl groups excluding tert-OH is 3. The van der Waals surface area contributed by atoms with E-state index in [1.54, 1.807) is 0 Å². The fourth-order valence-electron chi connectivity index (χ4n) is 1.40. The van der Waals surface area contributed by atoms with E-state index in [9.17, 15) is 4.79 Å². The highest BCUT2D eigenvalue weighted by Gasteiger charge is 2.56. The van der Waals surface area contributed by atoms with Gasteiger partial charge in [-0.15, -0.1) is 0 Å². The van der Waals surface area contributed by atoms with Crippen molar-refractivity contribution >= 4 is 5.97 Å². The summed E-state index contributed by atoms with van der Waals surface area (Å²) < 4.78 is 9.25. The maximum absolute atomic E-state index is 10.7. The Balaban J connectivity index is 2.19. The Labute approximate surface area is 67.3 Å². The van der Waals surface area contributed by atoms with Crippen LogP contribution in [0.3, 0.4) is 0 Å². The Morgan fingerprint density at radius 2 is 1.83 bits per heavy atom. The minimum atomic E-state index is -1.40. The molecule has 2 rings (SSSR count). The molecule has 3 N–H and O–H groups in total. The van der Waals surface area contributed by atoms with Crippen molar-refractivity contribution in [3.05, 3.63) is 0 Å². The molecule has 2 heterocycles. The second-order valence-electron chi connectivity index (χ2n) is 2.83. The Kier molecular flexibility index (Phi) is 1.58. The molecule has 5 atom stereocenters. The molecule has 0 unspecified atom stereocenters. The SMILES string of the molecule is O=C1O[C@H]2[C@@H](O)[C@@H](O)O[C@@H]2[C@@H]1O. The number of carbonyl (C=O) groups is 1. The zero-order chi connectivity index (χ0) is 8.88. The van der Waals surface area contributed by atoms with Gasteiger partial charge in [-0.3, -0.25) is 0 Å². The fourth-order valence-corrected chi connectivity index (χ4v) is 1.40. The number of rotatable bonds is 0. The van der Waals surface area contributed by atoms with Crippen molar-refractivity contribution in [1.29, 1.82) is 0 Å². The summed E-state index contributed by atoms with van der Waals surface area (Å²) in [6.07, 6.45) is -5.94. The van der Waals surface area contributed by atoms with Crippen LogP contribution in [-0.2, 0) is 14.3 Å². The lowest BCUT2D eigenvalue weighted by molar-refractivity contribution is -0.168. The Hall–Kier alpha value is -0.690. The van der Waals surface area contributed by atoms with Gasteiger partial charge < -0.3 is 24.8 Å². The van der Waals surface area contributed by atoms with Crippen LogP contribution < -0.4 is 0 Å². The van der Waals surface area contributed by atoms with E-state index in [0.29, 0.717) is 0 Å². The standard InChI is InChI=1S/C6H8O6/c7-1-3-4(12-5(1)9)2(8)6(10)11-3/h1-5,7-9H/t1-,2+,3+,4-,5+/m1/s1. The maximum Gasteiger partial charge on any atom is 0.338 e. The number of fused-ring (bicyclic) bond motifs is 1. The van der Waals surface area contributed by atoms with Gasteiger partial charge in [0.25, 0.3) is 0 Å². The van der Waals surface area contributed by atoms with Crippen molar-refractivity contribution in [1.82, 2.24) is 0 Å². The molecular weight excluding hydrogens is 168 g/mol. The summed E-state index contributed by atoms with van der Waals surface area (Å²) in [5, 5.41) is 27.2. The van der Waals surface area contributed by atoms with Crippen LogP contribution in [0, 0.1) is 0 Å². The largest absolute Gasteiger partial charge is 0.454 e. The van der Waals surface area contributed by atoms with E-state index >= 15 is 0 Å². The van der Waals surface area contributed by atoms with Crippen molar-refractivity contribution in [2.24, 2.45) is 0 Å². The lowest BCUT2D eigenvalue weighted by atomic mass is 10.1. The highest BCUT2D eigenvalue weighted by Crippen LogP contribution is 2.30. The van der Waals surface area contributed by atoms with Gasteiger partial charge in [-0.05, 0) is 0 Å². The van der Waals surface area contributed by atoms with Crippen LogP contribution >= 0.6 is 0 Å². The summed E-state index contributed by atoms with van der Waals surface area (Å²) in [4.78, 5) is 10.7. The van der Waals surface area contributed by atoms with Gasteiger partial charge in [-0.1, -0.05) is 0 Å². The van der Waals surface area contributed by atoms with Crippen LogP contribution in [0.2, 0.25) is 0 Å². The Morgan fingerprint density at radius 1 is 1.17 bits per heavy atom. The molecule has 2 fully saturated rings. The van der Waals surface area contributed by atoms with Gasteiger partial charge in [0, 0.05) is 0 Å². The summed E-state index contributed by atoms with van der Waals surface area (Å²) in [5.41, 5.74) is 0. The Bertz CT molecular complexity index is 216. The van der Waals surface area contributed by atoms with E-state index in [1.165, 1.54) is 0 Å². The maximum atomic E-state index is 10.7. The molecule has 2 aliphatic rings. The molecular formula is C6H8O6. The van der Waals surface area contributed by atoms with Crippen LogP contribution in [0.25, 0.3) is 0 Å². The fraction of sp³-hybridized carbons (Fsp3) is 0.833. The molecule has 6 nitrogen and oxygen atoms in total. The van der Waals surface area contributed by atoms with Crippen molar-refractivity contribution in [3.8, 4) is 0 Å². The van der Waals surface area contributed by atoms with Gasteiger partial charge in [0.2, 0.25) is 0 Å². The summed E-state index contributed by atoms with van der Waals surface area (Å²) >= 11 is 0. The summed E-state index contributed by atoms with van der Waals surface area (Å²) in [6, 6.07) is 0. The number of hydrogen-bond donors (Lipinski definition) is 3. The van der Waals surface area contributed by atoms with E-state index in [-0.39, 0.29) is 0 Å². The molecule has 0 bridgehead atoms. The third kappa shape index (κ3) is 0.862. The predicted molar refractivity (Wildman–Crippen MR) is 32.8 cm³/mol. The average Bonchev–Trinajstić information content (AvgIpc) is 2.43. The van der Waals surface area contributed by atoms with E-state index in [2.05, 4.69) is 9.47 Å². The normalized spacial score (nSPS) is 52.2. The third-order valence-corrected chi connectivity index (χ3v) is 2.05. The molecule has 2 saturated heterocycles. The molecule has 12 heavy (non-hydrogen) atoms. The van der Waals surface area contributed by atoms with Gasteiger partial charge >= 0.3 is 5.97 Å². The van der Waals surface area contributed by atoms with Gasteiger partial charge in [0.15, 0.2) is 18.5 Å². The monoisotopic (exact) mass is 176 g/mol. The second kappa shape index (κ2) is 2.40. The highest BCUT2D eigenvalue weighted by atomic mass is 16.7. The van der Waals surface area contributed by atoms with Crippen molar-refractivity contribution < 1.29 is 29.6 Å². The zero-order valence-corrected chi connectivity index (χ0v) is 5.95. The predicted octanol–water partition coefficient (Wildman–Crippen LogP) is -2.65. The molecule has 68 valence electrons. The summed E-state index contributed by atoms with van der Waals surface area (Å²) in [7, 11) is 0. The first-order valence-corrected chi connectivity index (χ1v) is 3.51. The van der Waals surface area contributed by atoms with E-state index in [0.717, 1.165) is 0 Å². The van der Waals surface area contributed by atoms with Crippen LogP contribution in [0.15, 0.2) is 0 Å². The molecule has 0 aromatic carbocycles. The van der Waals surface area contributed by atoms with Crippen LogP contribution in [-0.4, -0.2) is 52.0 Å². The minimum absolute atomic E-state index is 0.823. The van der Waals surface area contributed by atoms with Crippen molar-refractivity contribution in [2.45, 2.75) is 30.7 Å². The zero-order valence-electron chi connectivity index (χ0n) is 5.95. The second-order valence-corrected chi connectivity index (χ2v) is 2.83. The topological polar surface area (TPSA) is 96.2 Å². The number of hydrogen-bond acceptors (Lipinski definition) is 6. The van der Waals surface area contributed by atoms with Crippen LogP contribution in [0.4, 0.5) is 0 Å². The Morgan fingerprint density at radius 3 is 2.42 bits per heavy atom. The van der Waals surface area contributed by atoms with Gasteiger partial charge in [-0.25, -0.2) is 4.79 Å². The van der Waals surface area contributed by atoms with E-state index in [4.69, 9.17) is 15.3 Å². The van der Waals surface area contributed by atoms with Gasteiger partial charge in [-0.2, -0.15) is 0 Å². The molecule has 0 aromatic heterocycles. The molecule has 6 heteroatoms. The number of aliphatic hydroxyl groups is 3.